The van der Waals surface area contributed by atoms with Crippen molar-refractivity contribution in [3.63, 3.8) is 0 Å². The molecule has 0 radical (unpaired) electrons. The van der Waals surface area contributed by atoms with Crippen LogP contribution >= 0.6 is 0 Å². The third-order valence-electron chi connectivity index (χ3n) is 3.16. The van der Waals surface area contributed by atoms with Gasteiger partial charge in [-0.15, -0.1) is 0 Å². The van der Waals surface area contributed by atoms with Crippen molar-refractivity contribution >= 4 is 9.84 Å². The molecule has 2 heterocycles. The van der Waals surface area contributed by atoms with Gasteiger partial charge in [-0.05, 0) is 20.4 Å². The molecule has 7 heteroatoms. The number of nitrogens with zero attached hydrogens (tertiary/aromatic N) is 2. The molecule has 0 aliphatic carbocycles. The number of nitrogens with one attached hydrogen (secondary N) is 1. The smallest absolute Gasteiger partial charge is 0.251 e. The molecule has 2 rings (SSSR count). The van der Waals surface area contributed by atoms with Gasteiger partial charge in [-0.1, -0.05) is 0 Å². The van der Waals surface area contributed by atoms with Crippen molar-refractivity contribution in [3.8, 4) is 0 Å². The van der Waals surface area contributed by atoms with Crippen molar-refractivity contribution in [3.05, 3.63) is 27.9 Å². The fourth-order valence-corrected chi connectivity index (χ4v) is 4.04. The molecule has 1 N–H and O–H groups in total. The summed E-state index contributed by atoms with van der Waals surface area (Å²) >= 11 is 0. The molecule has 100 valence electrons. The van der Waals surface area contributed by atoms with Crippen molar-refractivity contribution in [1.82, 2.24) is 14.9 Å². The highest BCUT2D eigenvalue weighted by atomic mass is 32.2. The van der Waals surface area contributed by atoms with E-state index in [1.807, 2.05) is 11.9 Å². The molecule has 0 spiro atoms. The van der Waals surface area contributed by atoms with Gasteiger partial charge in [-0.3, -0.25) is 9.69 Å². The number of rotatable bonds is 3. The molecule has 6 nitrogen and oxygen atoms in total. The van der Waals surface area contributed by atoms with Crippen molar-refractivity contribution < 1.29 is 8.42 Å². The lowest BCUT2D eigenvalue weighted by Gasteiger charge is -2.22. The average molecular weight is 271 g/mol. The topological polar surface area (TPSA) is 83.1 Å². The zero-order valence-electron chi connectivity index (χ0n) is 10.5. The van der Waals surface area contributed by atoms with Crippen molar-refractivity contribution in [1.29, 1.82) is 0 Å². The van der Waals surface area contributed by atoms with Crippen LogP contribution in [0.2, 0.25) is 0 Å². The van der Waals surface area contributed by atoms with Gasteiger partial charge >= 0.3 is 0 Å². The van der Waals surface area contributed by atoms with E-state index in [-0.39, 0.29) is 23.1 Å². The van der Waals surface area contributed by atoms with Crippen LogP contribution in [0.4, 0.5) is 0 Å². The van der Waals surface area contributed by atoms with Gasteiger partial charge in [0.1, 0.15) is 5.82 Å². The van der Waals surface area contributed by atoms with Gasteiger partial charge in [0.25, 0.3) is 5.56 Å². The fraction of sp³-hybridized carbons (Fsp3) is 0.636. The van der Waals surface area contributed by atoms with E-state index in [1.165, 1.54) is 6.07 Å². The Balaban J connectivity index is 2.07. The van der Waals surface area contributed by atoms with Crippen LogP contribution in [0.1, 0.15) is 17.9 Å². The molecule has 18 heavy (non-hydrogen) atoms. The molecule has 0 unspecified atom stereocenters. The van der Waals surface area contributed by atoms with Crippen LogP contribution in [-0.4, -0.2) is 47.9 Å². The minimum atomic E-state index is -2.88. The quantitative estimate of drug-likeness (QED) is 0.816. The Kier molecular flexibility index (Phi) is 3.54. The standard InChI is InChI=1S/C11H17N3O3S/c1-8-12-9(5-11(15)13-8)6-14(2)10-3-4-18(16,17)7-10/h5,10H,3-4,6-7H2,1-2H3,(H,12,13,15)/t10-/m0/s1. The monoisotopic (exact) mass is 271 g/mol. The van der Waals surface area contributed by atoms with E-state index in [0.717, 1.165) is 0 Å². The maximum Gasteiger partial charge on any atom is 0.251 e. The molecule has 1 aromatic heterocycles. The zero-order chi connectivity index (χ0) is 13.3. The summed E-state index contributed by atoms with van der Waals surface area (Å²) in [5.74, 6) is 1.03. The Morgan fingerprint density at radius 3 is 2.83 bits per heavy atom. The van der Waals surface area contributed by atoms with Crippen LogP contribution in [-0.2, 0) is 16.4 Å². The van der Waals surface area contributed by atoms with E-state index >= 15 is 0 Å². The molecule has 1 aromatic rings. The normalized spacial score (nSPS) is 22.5. The first kappa shape index (κ1) is 13.2. The Bertz CT molecular complexity index is 594. The van der Waals surface area contributed by atoms with Gasteiger partial charge in [0.05, 0.1) is 17.2 Å². The molecule has 1 aliphatic rings. The molecule has 0 amide bonds. The van der Waals surface area contributed by atoms with E-state index in [2.05, 4.69) is 9.97 Å². The van der Waals surface area contributed by atoms with Gasteiger partial charge in [0.2, 0.25) is 0 Å². The lowest BCUT2D eigenvalue weighted by atomic mass is 10.2. The summed E-state index contributed by atoms with van der Waals surface area (Å²) in [7, 11) is -1.01. The molecule has 1 saturated heterocycles. The number of sulfone groups is 1. The Labute approximate surface area is 106 Å². The lowest BCUT2D eigenvalue weighted by Crippen LogP contribution is -2.32. The van der Waals surface area contributed by atoms with E-state index in [4.69, 9.17) is 0 Å². The van der Waals surface area contributed by atoms with Crippen LogP contribution < -0.4 is 5.56 Å². The zero-order valence-corrected chi connectivity index (χ0v) is 11.3. The minimum absolute atomic E-state index is 0.0244. The molecule has 0 bridgehead atoms. The number of H-pyrrole nitrogens is 1. The van der Waals surface area contributed by atoms with E-state index < -0.39 is 9.84 Å². The summed E-state index contributed by atoms with van der Waals surface area (Å²) < 4.78 is 22.8. The highest BCUT2D eigenvalue weighted by Gasteiger charge is 2.30. The third-order valence-corrected chi connectivity index (χ3v) is 4.91. The molecule has 0 aromatic carbocycles. The number of hydrogen-bond donors (Lipinski definition) is 1. The summed E-state index contributed by atoms with van der Waals surface area (Å²) in [6, 6.07) is 1.48. The van der Waals surface area contributed by atoms with E-state index in [1.54, 1.807) is 6.92 Å². The van der Waals surface area contributed by atoms with Crippen molar-refractivity contribution in [2.24, 2.45) is 0 Å². The Morgan fingerprint density at radius 1 is 1.56 bits per heavy atom. The van der Waals surface area contributed by atoms with Crippen LogP contribution in [0, 0.1) is 6.92 Å². The van der Waals surface area contributed by atoms with Gasteiger partial charge in [-0.2, -0.15) is 0 Å². The summed E-state index contributed by atoms with van der Waals surface area (Å²) in [6.45, 7) is 2.22. The van der Waals surface area contributed by atoms with Crippen LogP contribution in [0.15, 0.2) is 10.9 Å². The lowest BCUT2D eigenvalue weighted by molar-refractivity contribution is 0.250. The number of aromatic amines is 1. The first-order valence-electron chi connectivity index (χ1n) is 5.83. The first-order chi connectivity index (χ1) is 8.35. The summed E-state index contributed by atoms with van der Waals surface area (Å²) in [6.07, 6.45) is 0.654. The molecule has 0 saturated carbocycles. The van der Waals surface area contributed by atoms with Crippen LogP contribution in [0.25, 0.3) is 0 Å². The van der Waals surface area contributed by atoms with Crippen LogP contribution in [0.5, 0.6) is 0 Å². The molecule has 1 atom stereocenters. The summed E-state index contributed by atoms with van der Waals surface area (Å²) in [4.78, 5) is 20.1. The number of hydrogen-bond acceptors (Lipinski definition) is 5. The van der Waals surface area contributed by atoms with Gasteiger partial charge in [0, 0.05) is 18.7 Å². The number of aromatic nitrogens is 2. The predicted octanol–water partition coefficient (Wildman–Crippen LogP) is -0.303. The van der Waals surface area contributed by atoms with Gasteiger partial charge in [-0.25, -0.2) is 13.4 Å². The molecular formula is C11H17N3O3S. The maximum atomic E-state index is 11.4. The summed E-state index contributed by atoms with van der Waals surface area (Å²) in [5, 5.41) is 0. The fourth-order valence-electron chi connectivity index (χ4n) is 2.23. The Morgan fingerprint density at radius 2 is 2.28 bits per heavy atom. The second-order valence-corrected chi connectivity index (χ2v) is 7.02. The predicted molar refractivity (Wildman–Crippen MR) is 68.1 cm³/mol. The van der Waals surface area contributed by atoms with Crippen LogP contribution in [0.3, 0.4) is 0 Å². The minimum Gasteiger partial charge on any atom is -0.311 e. The van der Waals surface area contributed by atoms with Crippen molar-refractivity contribution in [2.45, 2.75) is 25.9 Å². The second-order valence-electron chi connectivity index (χ2n) is 4.79. The number of aryl methyl sites for hydroxylation is 1. The summed E-state index contributed by atoms with van der Waals surface area (Å²) in [5.41, 5.74) is 0.494. The third kappa shape index (κ3) is 3.17. The van der Waals surface area contributed by atoms with Gasteiger partial charge in [0.15, 0.2) is 9.84 Å². The first-order valence-corrected chi connectivity index (χ1v) is 7.65. The molecule has 1 aliphatic heterocycles. The van der Waals surface area contributed by atoms with Gasteiger partial charge < -0.3 is 4.98 Å². The highest BCUT2D eigenvalue weighted by molar-refractivity contribution is 7.91. The molecular weight excluding hydrogens is 254 g/mol. The second kappa shape index (κ2) is 4.81. The van der Waals surface area contributed by atoms with E-state index in [9.17, 15) is 13.2 Å². The van der Waals surface area contributed by atoms with E-state index in [0.29, 0.717) is 24.5 Å². The Hall–Kier alpha value is -1.21. The van der Waals surface area contributed by atoms with Crippen molar-refractivity contribution in [2.75, 3.05) is 18.6 Å². The molecule has 1 fully saturated rings. The SMILES string of the molecule is Cc1nc(CN(C)[C@H]2CCS(=O)(=O)C2)cc(=O)[nH]1. The highest BCUT2D eigenvalue weighted by Crippen LogP contribution is 2.17. The average Bonchev–Trinajstić information content (AvgIpc) is 2.57. The maximum absolute atomic E-state index is 11.4. The largest absolute Gasteiger partial charge is 0.311 e.